The lowest BCUT2D eigenvalue weighted by molar-refractivity contribution is 0.803. The average Bonchev–Trinajstić information content (AvgIpc) is 3.65. The lowest BCUT2D eigenvalue weighted by atomic mass is 9.69. The summed E-state index contributed by atoms with van der Waals surface area (Å²) < 4.78 is 0. The summed E-state index contributed by atoms with van der Waals surface area (Å²) in [4.78, 5) is 2.39. The Balaban J connectivity index is 1.31. The van der Waals surface area contributed by atoms with E-state index in [0.29, 0.717) is 0 Å². The molecule has 1 nitrogen and oxygen atoms in total. The van der Waals surface area contributed by atoms with Crippen molar-refractivity contribution in [2.45, 2.75) is 12.3 Å². The monoisotopic (exact) mass is 647 g/mol. The molecule has 0 bridgehead atoms. The second-order valence-corrected chi connectivity index (χ2v) is 14.1. The molecular formula is C50H33N. The zero-order valence-corrected chi connectivity index (χ0v) is 28.3. The summed E-state index contributed by atoms with van der Waals surface area (Å²) in [5.41, 5.74) is 15.1. The van der Waals surface area contributed by atoms with Gasteiger partial charge in [0.1, 0.15) is 0 Å². The first-order chi connectivity index (χ1) is 25.2. The molecule has 0 fully saturated rings. The van der Waals surface area contributed by atoms with Crippen LogP contribution in [0.3, 0.4) is 0 Å². The zero-order valence-electron chi connectivity index (χ0n) is 28.3. The molecule has 0 aliphatic heterocycles. The van der Waals surface area contributed by atoms with Gasteiger partial charge in [-0.15, -0.1) is 0 Å². The Hall–Kier alpha value is -6.44. The van der Waals surface area contributed by atoms with Crippen LogP contribution in [0.15, 0.2) is 182 Å². The van der Waals surface area contributed by atoms with Crippen molar-refractivity contribution in [2.75, 3.05) is 4.90 Å². The maximum atomic E-state index is 2.49. The Morgan fingerprint density at radius 3 is 1.73 bits per heavy atom. The maximum Gasteiger partial charge on any atom is 0.0731 e. The van der Waals surface area contributed by atoms with E-state index < -0.39 is 5.41 Å². The molecule has 0 saturated carbocycles. The van der Waals surface area contributed by atoms with Crippen molar-refractivity contribution in [1.82, 2.24) is 0 Å². The van der Waals surface area contributed by atoms with Crippen molar-refractivity contribution >= 4 is 49.4 Å². The predicted molar refractivity (Wildman–Crippen MR) is 215 cm³/mol. The van der Waals surface area contributed by atoms with Gasteiger partial charge in [-0.2, -0.15) is 0 Å². The summed E-state index contributed by atoms with van der Waals surface area (Å²) >= 11 is 0. The van der Waals surface area contributed by atoms with E-state index in [-0.39, 0.29) is 0 Å². The van der Waals surface area contributed by atoms with Crippen molar-refractivity contribution in [3.05, 3.63) is 210 Å². The van der Waals surface area contributed by atoms with E-state index in [0.717, 1.165) is 17.1 Å². The van der Waals surface area contributed by atoms with Gasteiger partial charge in [0.2, 0.25) is 0 Å². The summed E-state index contributed by atoms with van der Waals surface area (Å²) in [5.74, 6) is 0. The summed E-state index contributed by atoms with van der Waals surface area (Å²) in [6.45, 7) is 2.17. The fraction of sp³-hybridized carbons (Fsp3) is 0.0400. The number of anilines is 3. The minimum atomic E-state index is -0.457. The molecule has 51 heavy (non-hydrogen) atoms. The third kappa shape index (κ3) is 3.81. The third-order valence-electron chi connectivity index (χ3n) is 11.4. The van der Waals surface area contributed by atoms with Crippen LogP contribution in [0.2, 0.25) is 0 Å². The first-order valence-electron chi connectivity index (χ1n) is 17.9. The van der Waals surface area contributed by atoms with Crippen LogP contribution in [0.1, 0.15) is 27.8 Å². The number of para-hydroxylation sites is 1. The van der Waals surface area contributed by atoms with Gasteiger partial charge in [-0.05, 0) is 138 Å². The fourth-order valence-electron chi connectivity index (χ4n) is 9.46. The SMILES string of the molecule is Cc1cccc(N(c2ccccc2)c2ccc3c4c(c5ccccc5c3c2)-c2cc3ccccc3cc2C42c3ccccc3-c3ccccc32)c1. The highest BCUT2D eigenvalue weighted by Gasteiger charge is 2.53. The Kier molecular flexibility index (Phi) is 5.86. The molecule has 1 heteroatoms. The highest BCUT2D eigenvalue weighted by atomic mass is 15.1. The smallest absolute Gasteiger partial charge is 0.0731 e. The number of benzene rings is 9. The van der Waals surface area contributed by atoms with Gasteiger partial charge in [-0.3, -0.25) is 0 Å². The van der Waals surface area contributed by atoms with Gasteiger partial charge in [-0.1, -0.05) is 133 Å². The molecule has 2 aliphatic rings. The largest absolute Gasteiger partial charge is 0.310 e. The van der Waals surface area contributed by atoms with Gasteiger partial charge in [0.05, 0.1) is 5.41 Å². The van der Waals surface area contributed by atoms with Crippen molar-refractivity contribution in [1.29, 1.82) is 0 Å². The van der Waals surface area contributed by atoms with Crippen LogP contribution >= 0.6 is 0 Å². The average molecular weight is 648 g/mol. The number of nitrogens with zero attached hydrogens (tertiary/aromatic N) is 1. The van der Waals surface area contributed by atoms with E-state index >= 15 is 0 Å². The van der Waals surface area contributed by atoms with Crippen LogP contribution in [0.5, 0.6) is 0 Å². The normalized spacial score (nSPS) is 13.4. The molecule has 0 unspecified atom stereocenters. The topological polar surface area (TPSA) is 3.24 Å². The Morgan fingerprint density at radius 1 is 0.373 bits per heavy atom. The lowest BCUT2D eigenvalue weighted by Gasteiger charge is -2.32. The van der Waals surface area contributed by atoms with Gasteiger partial charge < -0.3 is 4.90 Å². The molecule has 238 valence electrons. The summed E-state index contributed by atoms with van der Waals surface area (Å²) in [6, 6.07) is 67.9. The number of hydrogen-bond donors (Lipinski definition) is 0. The molecule has 0 saturated heterocycles. The molecule has 9 aromatic rings. The maximum absolute atomic E-state index is 2.49. The van der Waals surface area contributed by atoms with Crippen LogP contribution in [-0.2, 0) is 5.41 Å². The first-order valence-corrected chi connectivity index (χ1v) is 17.9. The number of rotatable bonds is 3. The summed E-state index contributed by atoms with van der Waals surface area (Å²) in [5, 5.41) is 7.70. The molecule has 0 N–H and O–H groups in total. The Labute approximate surface area is 297 Å². The van der Waals surface area contributed by atoms with Crippen LogP contribution in [-0.4, -0.2) is 0 Å². The minimum Gasteiger partial charge on any atom is -0.310 e. The highest BCUT2D eigenvalue weighted by molar-refractivity contribution is 6.21. The van der Waals surface area contributed by atoms with E-state index in [1.807, 2.05) is 0 Å². The van der Waals surface area contributed by atoms with E-state index in [1.165, 1.54) is 82.4 Å². The predicted octanol–water partition coefficient (Wildman–Crippen LogP) is 13.3. The van der Waals surface area contributed by atoms with Crippen molar-refractivity contribution < 1.29 is 0 Å². The van der Waals surface area contributed by atoms with Gasteiger partial charge in [0.25, 0.3) is 0 Å². The molecule has 0 aromatic heterocycles. The van der Waals surface area contributed by atoms with Crippen molar-refractivity contribution in [3.63, 3.8) is 0 Å². The third-order valence-corrected chi connectivity index (χ3v) is 11.4. The van der Waals surface area contributed by atoms with E-state index in [1.54, 1.807) is 0 Å². The second kappa shape index (κ2) is 10.5. The quantitative estimate of drug-likeness (QED) is 0.173. The van der Waals surface area contributed by atoms with Gasteiger partial charge in [0, 0.05) is 17.1 Å². The van der Waals surface area contributed by atoms with E-state index in [2.05, 4.69) is 194 Å². The second-order valence-electron chi connectivity index (χ2n) is 14.1. The number of aryl methyl sites for hydroxylation is 1. The van der Waals surface area contributed by atoms with Crippen LogP contribution in [0.25, 0.3) is 54.6 Å². The molecule has 9 aromatic carbocycles. The minimum absolute atomic E-state index is 0.457. The molecule has 0 atom stereocenters. The standard InChI is InChI=1S/C50H33N/c1-32-14-13-19-36(28-32)51(35-17-3-2-4-18-35)37-26-27-42-43(31-37)38-20-7-8-23-41(38)48-44-29-33-15-5-6-16-34(33)30-47(44)50(49(42)48)45-24-11-9-21-39(45)40-22-10-12-25-46(40)50/h2-31H,1H3. The summed E-state index contributed by atoms with van der Waals surface area (Å²) in [7, 11) is 0. The lowest BCUT2D eigenvalue weighted by Crippen LogP contribution is -2.26. The molecule has 11 rings (SSSR count). The Morgan fingerprint density at radius 2 is 0.980 bits per heavy atom. The Bertz CT molecular complexity index is 2840. The fourth-order valence-corrected chi connectivity index (χ4v) is 9.46. The van der Waals surface area contributed by atoms with Crippen LogP contribution < -0.4 is 4.90 Å². The highest BCUT2D eigenvalue weighted by Crippen LogP contribution is 2.66. The molecule has 0 amide bonds. The molecule has 0 heterocycles. The van der Waals surface area contributed by atoms with Crippen LogP contribution in [0.4, 0.5) is 17.1 Å². The zero-order chi connectivity index (χ0) is 33.7. The molecule has 2 aliphatic carbocycles. The molecule has 0 radical (unpaired) electrons. The number of hydrogen-bond acceptors (Lipinski definition) is 1. The van der Waals surface area contributed by atoms with Gasteiger partial charge >= 0.3 is 0 Å². The van der Waals surface area contributed by atoms with E-state index in [9.17, 15) is 0 Å². The van der Waals surface area contributed by atoms with Crippen molar-refractivity contribution in [3.8, 4) is 22.3 Å². The molecular weight excluding hydrogens is 615 g/mol. The first kappa shape index (κ1) is 28.4. The van der Waals surface area contributed by atoms with Crippen molar-refractivity contribution in [2.24, 2.45) is 0 Å². The van der Waals surface area contributed by atoms with Crippen LogP contribution in [0, 0.1) is 6.92 Å². The molecule has 1 spiro atoms. The van der Waals surface area contributed by atoms with Gasteiger partial charge in [-0.25, -0.2) is 0 Å². The number of fused-ring (bicyclic) bond motifs is 16. The summed E-state index contributed by atoms with van der Waals surface area (Å²) in [6.07, 6.45) is 0. The van der Waals surface area contributed by atoms with E-state index in [4.69, 9.17) is 0 Å². The van der Waals surface area contributed by atoms with Gasteiger partial charge in [0.15, 0.2) is 0 Å².